The predicted molar refractivity (Wildman–Crippen MR) is 238 cm³/mol. The van der Waals surface area contributed by atoms with Crippen LogP contribution in [0, 0.1) is 5.92 Å². The van der Waals surface area contributed by atoms with Crippen molar-refractivity contribution >= 4 is 57.4 Å². The van der Waals surface area contributed by atoms with E-state index in [1.165, 1.54) is 6.92 Å². The maximum Gasteiger partial charge on any atom is 0.336 e. The topological polar surface area (TPSA) is 275 Å². The molecule has 13 N–H and O–H groups in total. The van der Waals surface area contributed by atoms with Crippen molar-refractivity contribution in [2.45, 2.75) is 89.5 Å². The largest absolute Gasteiger partial charge is 0.368 e. The minimum Gasteiger partial charge on any atom is -0.368 e. The van der Waals surface area contributed by atoms with Gasteiger partial charge in [-0.2, -0.15) is 0 Å². The molecule has 0 unspecified atom stereocenters. The van der Waals surface area contributed by atoms with Crippen LogP contribution < -0.4 is 43.9 Å². The van der Waals surface area contributed by atoms with Crippen molar-refractivity contribution in [3.63, 3.8) is 0 Å². The number of hydrogen-bond donors (Lipinski definition) is 10. The Hall–Kier alpha value is -6.72. The number of aromatic nitrogens is 2. The minimum atomic E-state index is -1.28. The standard InChI is InChI=1S/C45H59N11O6/c1-27(2)26-56(55-44(61)39(52-41(58)28(3)47)23-31-25-50-35-18-10-8-16-33(31)35)45(62)54-38(22-30-24-49-34-17-9-7-15-32(30)34)43(60)53-37(21-29-13-5-4-6-14-29)42(59)51-36(40(48)57)19-11-12-20-46/h4-10,13-18,24-25,27-28,36-39,49-50H,11-12,19-23,26,46-47H2,1-3H3,(H2,48,57)(H,51,59)(H,52,58)(H,53,60)(H,54,62)(H,55,61)/t28-,36-,37-,38-,39-/m0/s1. The van der Waals surface area contributed by atoms with Gasteiger partial charge in [0.1, 0.15) is 24.2 Å². The number of fused-ring (bicyclic) bond motifs is 2. The number of rotatable bonds is 21. The molecule has 0 fully saturated rings. The normalized spacial score (nSPS) is 13.7. The second-order valence-electron chi connectivity index (χ2n) is 16.0. The molecule has 0 saturated carbocycles. The smallest absolute Gasteiger partial charge is 0.336 e. The van der Waals surface area contributed by atoms with Crippen LogP contribution in [0.15, 0.2) is 91.3 Å². The van der Waals surface area contributed by atoms with E-state index in [-0.39, 0.29) is 38.1 Å². The Morgan fingerprint density at radius 2 is 1.11 bits per heavy atom. The molecule has 0 spiro atoms. The predicted octanol–water partition coefficient (Wildman–Crippen LogP) is 2.16. The van der Waals surface area contributed by atoms with Gasteiger partial charge in [0.2, 0.25) is 23.6 Å². The molecule has 3 aromatic carbocycles. The molecular weight excluding hydrogens is 791 g/mol. The third-order valence-electron chi connectivity index (χ3n) is 10.4. The lowest BCUT2D eigenvalue weighted by Crippen LogP contribution is -2.62. The molecule has 2 heterocycles. The number of nitrogens with two attached hydrogens (primary N) is 3. The third-order valence-corrected chi connectivity index (χ3v) is 10.4. The van der Waals surface area contributed by atoms with E-state index in [9.17, 15) is 28.8 Å². The number of H-pyrrole nitrogens is 2. The number of urea groups is 1. The molecule has 17 nitrogen and oxygen atoms in total. The molecule has 0 aliphatic carbocycles. The Kier molecular flexibility index (Phi) is 16.6. The fraction of sp³-hybridized carbons (Fsp3) is 0.378. The van der Waals surface area contributed by atoms with Gasteiger partial charge in [0, 0.05) is 60.0 Å². The molecule has 5 aromatic rings. The van der Waals surface area contributed by atoms with E-state index in [4.69, 9.17) is 17.2 Å². The Labute approximate surface area is 360 Å². The van der Waals surface area contributed by atoms with Gasteiger partial charge in [-0.1, -0.05) is 80.6 Å². The van der Waals surface area contributed by atoms with E-state index in [1.807, 2.05) is 68.4 Å². The van der Waals surface area contributed by atoms with Crippen LogP contribution in [-0.4, -0.2) is 93.8 Å². The van der Waals surface area contributed by atoms with Crippen LogP contribution in [0.25, 0.3) is 21.8 Å². The van der Waals surface area contributed by atoms with Crippen molar-refractivity contribution in [1.82, 2.24) is 41.7 Å². The van der Waals surface area contributed by atoms with E-state index in [2.05, 4.69) is 36.7 Å². The SMILES string of the molecule is CC(C)CN(NC(=O)[C@H](Cc1c[nH]c2ccccc12)NC(=O)[C@H](C)N)C(=O)N[C@@H](Cc1c[nH]c2ccccc12)C(=O)N[C@@H](Cc1ccccc1)C(=O)N[C@@H](CCCCN)C(N)=O. The lowest BCUT2D eigenvalue weighted by atomic mass is 10.0. The highest BCUT2D eigenvalue weighted by Crippen LogP contribution is 2.21. The van der Waals surface area contributed by atoms with Crippen LogP contribution in [0.5, 0.6) is 0 Å². The van der Waals surface area contributed by atoms with Crippen molar-refractivity contribution < 1.29 is 28.8 Å². The summed E-state index contributed by atoms with van der Waals surface area (Å²) in [6.07, 6.45) is 5.06. The molecule has 0 radical (unpaired) electrons. The van der Waals surface area contributed by atoms with E-state index in [0.717, 1.165) is 37.9 Å². The van der Waals surface area contributed by atoms with Gasteiger partial charge in [-0.15, -0.1) is 0 Å². The fourth-order valence-electron chi connectivity index (χ4n) is 7.13. The zero-order valence-electron chi connectivity index (χ0n) is 35.4. The first kappa shape index (κ1) is 46.3. The van der Waals surface area contributed by atoms with Gasteiger partial charge in [0.05, 0.1) is 6.04 Å². The van der Waals surface area contributed by atoms with Crippen molar-refractivity contribution in [3.8, 4) is 0 Å². The monoisotopic (exact) mass is 849 g/mol. The number of amides is 7. The van der Waals surface area contributed by atoms with Crippen molar-refractivity contribution in [2.75, 3.05) is 13.1 Å². The van der Waals surface area contributed by atoms with Gasteiger partial charge in [-0.3, -0.25) is 29.4 Å². The molecule has 330 valence electrons. The number of para-hydroxylation sites is 2. The lowest BCUT2D eigenvalue weighted by Gasteiger charge is -2.30. The summed E-state index contributed by atoms with van der Waals surface area (Å²) in [5.41, 5.74) is 23.7. The second-order valence-corrected chi connectivity index (χ2v) is 16.0. The number of benzene rings is 3. The Morgan fingerprint density at radius 1 is 0.613 bits per heavy atom. The molecule has 0 saturated heterocycles. The summed E-state index contributed by atoms with van der Waals surface area (Å²) in [6, 6.07) is 17.7. The lowest BCUT2D eigenvalue weighted by molar-refractivity contribution is -0.132. The van der Waals surface area contributed by atoms with E-state index >= 15 is 0 Å². The highest BCUT2D eigenvalue weighted by molar-refractivity contribution is 5.96. The quantitative estimate of drug-likeness (QED) is 0.0385. The average Bonchev–Trinajstić information content (AvgIpc) is 3.86. The maximum atomic E-state index is 14.5. The number of aromatic amines is 2. The molecule has 2 aromatic heterocycles. The Bertz CT molecular complexity index is 2310. The minimum absolute atomic E-state index is 0.0125. The van der Waals surface area contributed by atoms with E-state index < -0.39 is 65.8 Å². The maximum absolute atomic E-state index is 14.5. The number of primary amides is 1. The van der Waals surface area contributed by atoms with Crippen LogP contribution in [-0.2, 0) is 43.2 Å². The second kappa shape index (κ2) is 22.2. The first-order valence-electron chi connectivity index (χ1n) is 20.9. The fourth-order valence-corrected chi connectivity index (χ4v) is 7.13. The van der Waals surface area contributed by atoms with Crippen molar-refractivity contribution in [3.05, 3.63) is 108 Å². The number of nitrogens with zero attached hydrogens (tertiary/aromatic N) is 1. The molecule has 0 aliphatic rings. The summed E-state index contributed by atoms with van der Waals surface area (Å²) < 4.78 is 0. The zero-order valence-corrected chi connectivity index (χ0v) is 35.4. The van der Waals surface area contributed by atoms with Gasteiger partial charge in [-0.25, -0.2) is 9.80 Å². The number of carbonyl (C=O) groups excluding carboxylic acids is 6. The summed E-state index contributed by atoms with van der Waals surface area (Å²) in [5, 5.41) is 13.8. The number of hydrogen-bond acceptors (Lipinski definition) is 8. The molecule has 5 rings (SSSR count). The molecule has 7 amide bonds. The Morgan fingerprint density at radius 3 is 1.65 bits per heavy atom. The van der Waals surface area contributed by atoms with Crippen LogP contribution in [0.1, 0.15) is 56.7 Å². The summed E-state index contributed by atoms with van der Waals surface area (Å²) in [4.78, 5) is 88.7. The van der Waals surface area contributed by atoms with Gasteiger partial charge in [-0.05, 0) is 67.5 Å². The van der Waals surface area contributed by atoms with Crippen LogP contribution >= 0.6 is 0 Å². The van der Waals surface area contributed by atoms with Gasteiger partial charge >= 0.3 is 6.03 Å². The molecule has 5 atom stereocenters. The molecule has 62 heavy (non-hydrogen) atoms. The summed E-state index contributed by atoms with van der Waals surface area (Å²) in [7, 11) is 0. The third kappa shape index (κ3) is 12.9. The molecule has 17 heteroatoms. The van der Waals surface area contributed by atoms with E-state index in [0.29, 0.717) is 24.9 Å². The summed E-state index contributed by atoms with van der Waals surface area (Å²) >= 11 is 0. The van der Waals surface area contributed by atoms with Gasteiger partial charge < -0.3 is 48.4 Å². The number of carbonyl (C=O) groups is 6. The number of hydrazine groups is 1. The zero-order chi connectivity index (χ0) is 44.8. The number of nitrogens with one attached hydrogen (secondary N) is 7. The first-order chi connectivity index (χ1) is 29.7. The molecular formula is C45H59N11O6. The number of unbranched alkanes of at least 4 members (excludes halogenated alkanes) is 1. The summed E-state index contributed by atoms with van der Waals surface area (Å²) in [5.74, 6) is -3.47. The van der Waals surface area contributed by atoms with Gasteiger partial charge in [0.15, 0.2) is 0 Å². The first-order valence-corrected chi connectivity index (χ1v) is 20.9. The van der Waals surface area contributed by atoms with Crippen molar-refractivity contribution in [2.24, 2.45) is 23.1 Å². The van der Waals surface area contributed by atoms with Crippen LogP contribution in [0.3, 0.4) is 0 Å². The molecule has 0 bridgehead atoms. The van der Waals surface area contributed by atoms with E-state index in [1.54, 1.807) is 36.7 Å². The Balaban J connectivity index is 1.43. The van der Waals surface area contributed by atoms with Crippen LogP contribution in [0.4, 0.5) is 4.79 Å². The summed E-state index contributed by atoms with van der Waals surface area (Å²) in [6.45, 7) is 5.64. The average molecular weight is 850 g/mol. The molecule has 0 aliphatic heterocycles. The highest BCUT2D eigenvalue weighted by atomic mass is 16.2. The van der Waals surface area contributed by atoms with Gasteiger partial charge in [0.25, 0.3) is 5.91 Å². The highest BCUT2D eigenvalue weighted by Gasteiger charge is 2.33. The van der Waals surface area contributed by atoms with Crippen molar-refractivity contribution in [1.29, 1.82) is 0 Å². The van der Waals surface area contributed by atoms with Crippen LogP contribution in [0.2, 0.25) is 0 Å².